The second-order valence-corrected chi connectivity index (χ2v) is 1.91. The van der Waals surface area contributed by atoms with Gasteiger partial charge in [-0.3, -0.25) is 0 Å². The van der Waals surface area contributed by atoms with Crippen LogP contribution in [0.25, 0.3) is 0 Å². The van der Waals surface area contributed by atoms with Gasteiger partial charge < -0.3 is 28.2 Å². The molecule has 0 aliphatic carbocycles. The molecule has 0 aliphatic rings. The van der Waals surface area contributed by atoms with Crippen molar-refractivity contribution in [2.24, 2.45) is 0 Å². The van der Waals surface area contributed by atoms with E-state index in [9.17, 15) is 0 Å². The number of allylic oxidation sites excluding steroid dienone is 1. The van der Waals surface area contributed by atoms with Crippen LogP contribution in [-0.4, -0.2) is 9.05 Å². The van der Waals surface area contributed by atoms with Gasteiger partial charge in [0.05, 0.1) is 0 Å². The molecule has 0 bridgehead atoms. The molecule has 0 aliphatic heterocycles. The molecule has 6 heteroatoms. The van der Waals surface area contributed by atoms with E-state index >= 15 is 0 Å². The zero-order valence-electron chi connectivity index (χ0n) is 4.92. The molecule has 4 nitrogen and oxygen atoms in total. The van der Waals surface area contributed by atoms with Gasteiger partial charge in [0.1, 0.15) is 0 Å². The fourth-order valence-corrected chi connectivity index (χ4v) is 0. The Labute approximate surface area is 69.8 Å². The summed E-state index contributed by atoms with van der Waals surface area (Å²) in [5, 5.41) is 0. The predicted octanol–water partition coefficient (Wildman–Crippen LogP) is -3.95. The molecule has 0 radical (unpaired) electrons. The Hall–Kier alpha value is 0.511. The van der Waals surface area contributed by atoms with Gasteiger partial charge in [0.15, 0.2) is 0 Å². The van der Waals surface area contributed by atoms with Crippen molar-refractivity contribution >= 4 is 9.05 Å². The van der Waals surface area contributed by atoms with Crippen LogP contribution < -0.4 is 19.2 Å². The van der Waals surface area contributed by atoms with E-state index in [1.165, 1.54) is 0 Å². The molecule has 0 aromatic carbocycles. The fraction of sp³-hybridized carbons (Fsp3) is 0.333. The van der Waals surface area contributed by atoms with Crippen LogP contribution in [0.15, 0.2) is 12.7 Å². The molecule has 0 fully saturated rings. The first kappa shape index (κ1) is 16.3. The summed E-state index contributed by atoms with van der Waals surface area (Å²) in [5.41, 5.74) is 0. The van der Waals surface area contributed by atoms with Crippen LogP contribution >= 0.6 is 0 Å². The van der Waals surface area contributed by atoms with E-state index in [1.807, 2.05) is 6.92 Å². The smallest absolute Gasteiger partial charge is 0.894 e. The van der Waals surface area contributed by atoms with Gasteiger partial charge in [-0.25, -0.2) is 0 Å². The SMILES string of the molecule is C=CC.[O-][Si]([O-])([O-])[O-].[Ti+4]. The summed E-state index contributed by atoms with van der Waals surface area (Å²) < 4.78 is 0. The normalized spacial score (nSPS) is 8.11. The van der Waals surface area contributed by atoms with Crippen molar-refractivity contribution in [2.45, 2.75) is 6.92 Å². The van der Waals surface area contributed by atoms with Gasteiger partial charge in [0, 0.05) is 0 Å². The summed E-state index contributed by atoms with van der Waals surface area (Å²) in [6.45, 7) is 5.25. The Kier molecular flexibility index (Phi) is 15.4. The zero-order chi connectivity index (χ0) is 7.21. The molecule has 0 spiro atoms. The second kappa shape index (κ2) is 8.51. The minimum absolute atomic E-state index is 0. The first-order valence-corrected chi connectivity index (χ1v) is 3.44. The van der Waals surface area contributed by atoms with Crippen LogP contribution in [0.4, 0.5) is 0 Å². The average molecular weight is 182 g/mol. The summed E-state index contributed by atoms with van der Waals surface area (Å²) in [6, 6.07) is 0. The van der Waals surface area contributed by atoms with Crippen molar-refractivity contribution in [3.63, 3.8) is 0 Å². The summed E-state index contributed by atoms with van der Waals surface area (Å²) in [5.74, 6) is 0. The maximum absolute atomic E-state index is 8.58. The summed E-state index contributed by atoms with van der Waals surface area (Å²) in [6.07, 6.45) is 1.75. The van der Waals surface area contributed by atoms with E-state index < -0.39 is 9.05 Å². The Balaban J connectivity index is -0.0000000800. The quantitative estimate of drug-likeness (QED) is 0.282. The summed E-state index contributed by atoms with van der Waals surface area (Å²) in [4.78, 5) is 34.3. The second-order valence-electron chi connectivity index (χ2n) is 0.908. The van der Waals surface area contributed by atoms with Crippen LogP contribution in [0.3, 0.4) is 0 Å². The third kappa shape index (κ3) is 1380. The molecule has 0 N–H and O–H groups in total. The van der Waals surface area contributed by atoms with E-state index in [-0.39, 0.29) is 21.7 Å². The van der Waals surface area contributed by atoms with E-state index in [4.69, 9.17) is 19.2 Å². The molecule has 0 rings (SSSR count). The van der Waals surface area contributed by atoms with Crippen LogP contribution in [-0.2, 0) is 21.7 Å². The van der Waals surface area contributed by atoms with E-state index in [1.54, 1.807) is 6.08 Å². The van der Waals surface area contributed by atoms with E-state index in [0.717, 1.165) is 0 Å². The molecule has 0 aromatic heterocycles. The van der Waals surface area contributed by atoms with Crippen LogP contribution in [0, 0.1) is 0 Å². The predicted molar refractivity (Wildman–Crippen MR) is 21.6 cm³/mol. The maximum Gasteiger partial charge on any atom is 4.00 e. The van der Waals surface area contributed by atoms with Crippen molar-refractivity contribution in [3.05, 3.63) is 12.7 Å². The standard InChI is InChI=1S/C3H6.O4Si.Ti/c1-3-2;1-5(2,3)4;/h3H,1H2,2H3;;/q;-4;+4. The molecular weight excluding hydrogens is 176 g/mol. The molecule has 50 valence electrons. The molecule has 9 heavy (non-hydrogen) atoms. The van der Waals surface area contributed by atoms with Gasteiger partial charge in [-0.05, 0) is 6.92 Å². The van der Waals surface area contributed by atoms with E-state index in [0.29, 0.717) is 0 Å². The van der Waals surface area contributed by atoms with Gasteiger partial charge in [0.2, 0.25) is 0 Å². The van der Waals surface area contributed by atoms with Gasteiger partial charge in [0.25, 0.3) is 0 Å². The van der Waals surface area contributed by atoms with Crippen molar-refractivity contribution in [3.8, 4) is 0 Å². The topological polar surface area (TPSA) is 92.2 Å². The van der Waals surface area contributed by atoms with Gasteiger partial charge in [-0.1, -0.05) is 6.08 Å². The zero-order valence-corrected chi connectivity index (χ0v) is 7.48. The molecule has 0 unspecified atom stereocenters. The Morgan fingerprint density at radius 1 is 1.22 bits per heavy atom. The monoisotopic (exact) mass is 182 g/mol. The molecule has 0 aromatic rings. The molecular formula is C3H6O4SiTi. The summed E-state index contributed by atoms with van der Waals surface area (Å²) in [7, 11) is -5.61. The average Bonchev–Trinajstić information content (AvgIpc) is 1.27. The molecule has 0 saturated carbocycles. The van der Waals surface area contributed by atoms with E-state index in [2.05, 4.69) is 6.58 Å². The van der Waals surface area contributed by atoms with Crippen molar-refractivity contribution < 1.29 is 40.9 Å². The number of hydrogen-bond donors (Lipinski definition) is 0. The molecule has 0 heterocycles. The Bertz CT molecular complexity index is 55.3. The van der Waals surface area contributed by atoms with Crippen molar-refractivity contribution in [1.29, 1.82) is 0 Å². The number of rotatable bonds is 0. The Morgan fingerprint density at radius 3 is 1.22 bits per heavy atom. The van der Waals surface area contributed by atoms with Crippen molar-refractivity contribution in [2.75, 3.05) is 0 Å². The minimum Gasteiger partial charge on any atom is -0.894 e. The van der Waals surface area contributed by atoms with Gasteiger partial charge in [-0.2, -0.15) is 0 Å². The molecule has 0 saturated heterocycles. The third-order valence-corrected chi connectivity index (χ3v) is 0. The fourth-order valence-electron chi connectivity index (χ4n) is 0. The molecule has 0 amide bonds. The number of hydrogen-bond acceptors (Lipinski definition) is 4. The summed E-state index contributed by atoms with van der Waals surface area (Å²) >= 11 is 0. The first-order valence-electron chi connectivity index (χ1n) is 1.80. The van der Waals surface area contributed by atoms with Crippen LogP contribution in [0.1, 0.15) is 6.92 Å². The van der Waals surface area contributed by atoms with Gasteiger partial charge >= 0.3 is 21.7 Å². The van der Waals surface area contributed by atoms with Crippen molar-refractivity contribution in [1.82, 2.24) is 0 Å². The van der Waals surface area contributed by atoms with Crippen LogP contribution in [0.5, 0.6) is 0 Å². The first-order chi connectivity index (χ1) is 3.41. The third-order valence-electron chi connectivity index (χ3n) is 0. The maximum atomic E-state index is 8.58. The van der Waals surface area contributed by atoms with Crippen LogP contribution in [0.2, 0.25) is 0 Å². The van der Waals surface area contributed by atoms with Gasteiger partial charge in [-0.15, -0.1) is 6.58 Å². The largest absolute Gasteiger partial charge is 4.00 e. The Morgan fingerprint density at radius 2 is 1.22 bits per heavy atom. The minimum atomic E-state index is -5.61. The molecule has 0 atom stereocenters.